The van der Waals surface area contributed by atoms with Gasteiger partial charge in [0, 0.05) is 20.1 Å². The third-order valence-electron chi connectivity index (χ3n) is 3.65. The van der Waals surface area contributed by atoms with E-state index in [1.165, 1.54) is 4.90 Å². The van der Waals surface area contributed by atoms with Gasteiger partial charge in [-0.1, -0.05) is 6.42 Å². The number of hydrogen-bond acceptors (Lipinski definition) is 3. The minimum atomic E-state index is -0.928. The normalized spacial score (nSPS) is 25.7. The minimum absolute atomic E-state index is 0.102. The zero-order chi connectivity index (χ0) is 14.6. The third kappa shape index (κ3) is 3.59. The fourth-order valence-corrected chi connectivity index (χ4v) is 2.18. The lowest BCUT2D eigenvalue weighted by molar-refractivity contribution is -0.148. The van der Waals surface area contributed by atoms with Crippen molar-refractivity contribution in [3.8, 4) is 0 Å². The molecule has 1 fully saturated rings. The van der Waals surface area contributed by atoms with Gasteiger partial charge in [0.15, 0.2) is 0 Å². The molecule has 2 atom stereocenters. The Hall–Kier alpha value is -1.79. The number of nitrogens with one attached hydrogen (secondary N) is 2. The molecule has 1 rings (SSSR count). The van der Waals surface area contributed by atoms with Gasteiger partial charge in [-0.3, -0.25) is 9.59 Å². The highest BCUT2D eigenvalue weighted by molar-refractivity contribution is 5.84. The first-order chi connectivity index (χ1) is 8.77. The summed E-state index contributed by atoms with van der Waals surface area (Å²) in [6.07, 6.45) is 1.95. The molecule has 1 saturated carbocycles. The molecule has 0 bridgehead atoms. The second-order valence-electron chi connectivity index (χ2n) is 5.28. The summed E-state index contributed by atoms with van der Waals surface area (Å²) < 4.78 is 0. The second-order valence-corrected chi connectivity index (χ2v) is 5.28. The van der Waals surface area contributed by atoms with Crippen molar-refractivity contribution in [1.82, 2.24) is 15.5 Å². The van der Waals surface area contributed by atoms with Gasteiger partial charge >= 0.3 is 12.0 Å². The Balaban J connectivity index is 2.48. The van der Waals surface area contributed by atoms with Crippen LogP contribution < -0.4 is 10.6 Å². The van der Waals surface area contributed by atoms with Crippen LogP contribution in [0.4, 0.5) is 4.79 Å². The Bertz CT molecular complexity index is 383. The topological polar surface area (TPSA) is 98.7 Å². The van der Waals surface area contributed by atoms with Gasteiger partial charge in [-0.05, 0) is 19.8 Å². The monoisotopic (exact) mass is 271 g/mol. The lowest BCUT2D eigenvalue weighted by Gasteiger charge is -2.27. The maximum absolute atomic E-state index is 11.7. The van der Waals surface area contributed by atoms with Crippen LogP contribution in [0.5, 0.6) is 0 Å². The van der Waals surface area contributed by atoms with E-state index in [4.69, 9.17) is 0 Å². The SMILES string of the molecule is CN(C)C(=O)CNC(=O)NC1CCCC1(C)C(=O)O. The molecule has 0 spiro atoms. The first-order valence-corrected chi connectivity index (χ1v) is 6.25. The summed E-state index contributed by atoms with van der Waals surface area (Å²) in [5.74, 6) is -1.12. The van der Waals surface area contributed by atoms with Crippen molar-refractivity contribution in [2.24, 2.45) is 5.41 Å². The molecule has 3 amide bonds. The first-order valence-electron chi connectivity index (χ1n) is 6.25. The van der Waals surface area contributed by atoms with Gasteiger partial charge in [-0.25, -0.2) is 4.79 Å². The molecule has 7 nitrogen and oxygen atoms in total. The zero-order valence-corrected chi connectivity index (χ0v) is 11.5. The molecule has 0 radical (unpaired) electrons. The highest BCUT2D eigenvalue weighted by atomic mass is 16.4. The number of carbonyl (C=O) groups excluding carboxylic acids is 2. The van der Waals surface area contributed by atoms with Crippen LogP contribution in [-0.4, -0.2) is 54.6 Å². The molecular weight excluding hydrogens is 250 g/mol. The molecule has 7 heteroatoms. The number of likely N-dealkylation sites (N-methyl/N-ethyl adjacent to an activating group) is 1. The largest absolute Gasteiger partial charge is 0.481 e. The van der Waals surface area contributed by atoms with Crippen molar-refractivity contribution in [1.29, 1.82) is 0 Å². The maximum atomic E-state index is 11.7. The lowest BCUT2D eigenvalue weighted by Crippen LogP contribution is -2.51. The average Bonchev–Trinajstić information content (AvgIpc) is 2.69. The van der Waals surface area contributed by atoms with Crippen molar-refractivity contribution in [2.75, 3.05) is 20.6 Å². The smallest absolute Gasteiger partial charge is 0.315 e. The molecule has 0 aromatic rings. The van der Waals surface area contributed by atoms with Crippen LogP contribution >= 0.6 is 0 Å². The number of carboxylic acids is 1. The highest BCUT2D eigenvalue weighted by Crippen LogP contribution is 2.38. The van der Waals surface area contributed by atoms with E-state index in [1.807, 2.05) is 0 Å². The second kappa shape index (κ2) is 5.90. The summed E-state index contributed by atoms with van der Waals surface area (Å²) in [6.45, 7) is 1.54. The van der Waals surface area contributed by atoms with Crippen molar-refractivity contribution in [3.05, 3.63) is 0 Å². The van der Waals surface area contributed by atoms with E-state index in [9.17, 15) is 19.5 Å². The predicted octanol–water partition coefficient (Wildman–Crippen LogP) is 0.0172. The molecule has 2 unspecified atom stereocenters. The summed E-state index contributed by atoms with van der Waals surface area (Å²) in [7, 11) is 3.20. The molecule has 0 aromatic carbocycles. The molecule has 108 valence electrons. The molecule has 0 aliphatic heterocycles. The van der Waals surface area contributed by atoms with Crippen LogP contribution in [0.25, 0.3) is 0 Å². The number of rotatable bonds is 4. The summed E-state index contributed by atoms with van der Waals surface area (Å²) in [6, 6.07) is -0.908. The number of urea groups is 1. The van der Waals surface area contributed by atoms with Gasteiger partial charge in [0.05, 0.1) is 12.0 Å². The number of aliphatic carboxylic acids is 1. The van der Waals surface area contributed by atoms with Crippen molar-refractivity contribution >= 4 is 17.9 Å². The minimum Gasteiger partial charge on any atom is -0.481 e. The van der Waals surface area contributed by atoms with E-state index in [1.54, 1.807) is 21.0 Å². The predicted molar refractivity (Wildman–Crippen MR) is 68.6 cm³/mol. The molecule has 0 aromatic heterocycles. The fraction of sp³-hybridized carbons (Fsp3) is 0.750. The lowest BCUT2D eigenvalue weighted by atomic mass is 9.85. The quantitative estimate of drug-likeness (QED) is 0.671. The average molecular weight is 271 g/mol. The number of carboxylic acid groups (broad SMARTS) is 1. The number of amides is 3. The molecular formula is C12H21N3O4. The summed E-state index contributed by atoms with van der Waals surface area (Å²) in [5.41, 5.74) is -0.928. The first kappa shape index (κ1) is 15.3. The summed E-state index contributed by atoms with van der Waals surface area (Å²) in [4.78, 5) is 35.6. The van der Waals surface area contributed by atoms with Gasteiger partial charge in [0.2, 0.25) is 5.91 Å². The van der Waals surface area contributed by atoms with Crippen LogP contribution in [0.2, 0.25) is 0 Å². The van der Waals surface area contributed by atoms with Crippen LogP contribution in [-0.2, 0) is 9.59 Å². The number of hydrogen-bond donors (Lipinski definition) is 3. The Morgan fingerprint density at radius 1 is 1.37 bits per heavy atom. The van der Waals surface area contributed by atoms with Crippen LogP contribution in [0.1, 0.15) is 26.2 Å². The van der Waals surface area contributed by atoms with E-state index >= 15 is 0 Å². The van der Waals surface area contributed by atoms with E-state index < -0.39 is 23.5 Å². The molecule has 0 saturated heterocycles. The van der Waals surface area contributed by atoms with Crippen molar-refractivity contribution < 1.29 is 19.5 Å². The molecule has 0 heterocycles. The highest BCUT2D eigenvalue weighted by Gasteiger charge is 2.45. The Kier molecular flexibility index (Phi) is 4.74. The van der Waals surface area contributed by atoms with E-state index in [2.05, 4.69) is 10.6 Å². The van der Waals surface area contributed by atoms with Gasteiger partial charge < -0.3 is 20.6 Å². The van der Waals surface area contributed by atoms with Crippen molar-refractivity contribution in [2.45, 2.75) is 32.2 Å². The maximum Gasteiger partial charge on any atom is 0.315 e. The summed E-state index contributed by atoms with van der Waals surface area (Å²) >= 11 is 0. The van der Waals surface area contributed by atoms with Gasteiger partial charge in [0.1, 0.15) is 0 Å². The molecule has 3 N–H and O–H groups in total. The molecule has 1 aliphatic carbocycles. The Morgan fingerprint density at radius 3 is 2.53 bits per heavy atom. The number of carbonyl (C=O) groups is 3. The summed E-state index contributed by atoms with van der Waals surface area (Å²) in [5, 5.41) is 14.3. The standard InChI is InChI=1S/C12H21N3O4/c1-12(10(17)18)6-4-5-8(12)14-11(19)13-7-9(16)15(2)3/h8H,4-7H2,1-3H3,(H,17,18)(H2,13,14,19). The number of nitrogens with zero attached hydrogens (tertiary/aromatic N) is 1. The van der Waals surface area contributed by atoms with Crippen LogP contribution in [0.15, 0.2) is 0 Å². The van der Waals surface area contributed by atoms with Gasteiger partial charge in [0.25, 0.3) is 0 Å². The van der Waals surface area contributed by atoms with Crippen molar-refractivity contribution in [3.63, 3.8) is 0 Å². The van der Waals surface area contributed by atoms with E-state index in [0.29, 0.717) is 12.8 Å². The van der Waals surface area contributed by atoms with E-state index in [0.717, 1.165) is 6.42 Å². The third-order valence-corrected chi connectivity index (χ3v) is 3.65. The zero-order valence-electron chi connectivity index (χ0n) is 11.5. The Morgan fingerprint density at radius 2 is 2.00 bits per heavy atom. The Labute approximate surface area is 112 Å². The molecule has 19 heavy (non-hydrogen) atoms. The molecule has 1 aliphatic rings. The van der Waals surface area contributed by atoms with Crippen LogP contribution in [0, 0.1) is 5.41 Å². The van der Waals surface area contributed by atoms with Gasteiger partial charge in [-0.15, -0.1) is 0 Å². The van der Waals surface area contributed by atoms with Gasteiger partial charge in [-0.2, -0.15) is 0 Å². The van der Waals surface area contributed by atoms with E-state index in [-0.39, 0.29) is 12.5 Å². The van der Waals surface area contributed by atoms with Crippen LogP contribution in [0.3, 0.4) is 0 Å². The fourth-order valence-electron chi connectivity index (χ4n) is 2.18.